The molecule has 0 spiro atoms. The van der Waals surface area contributed by atoms with Gasteiger partial charge in [-0.05, 0) is 72.1 Å². The number of carbonyl (C=O) groups excluding carboxylic acids is 2. The van der Waals surface area contributed by atoms with Crippen molar-refractivity contribution in [3.8, 4) is 17.6 Å². The number of halogens is 1. The van der Waals surface area contributed by atoms with Crippen LogP contribution in [0, 0.1) is 17.7 Å². The molecule has 2 amide bonds. The largest absolute Gasteiger partial charge is 0.497 e. The maximum absolute atomic E-state index is 13.2. The van der Waals surface area contributed by atoms with Gasteiger partial charge in [0.15, 0.2) is 0 Å². The summed E-state index contributed by atoms with van der Waals surface area (Å²) in [6, 6.07) is 20.4. The van der Waals surface area contributed by atoms with Crippen LogP contribution in [0.5, 0.6) is 5.75 Å². The number of nitrogens with one attached hydrogen (secondary N) is 1. The van der Waals surface area contributed by atoms with Crippen LogP contribution in [0.25, 0.3) is 10.8 Å². The highest BCUT2D eigenvalue weighted by atomic mass is 32.1. The molecule has 6 nitrogen and oxygen atoms in total. The van der Waals surface area contributed by atoms with E-state index in [-0.39, 0.29) is 5.82 Å². The third-order valence-corrected chi connectivity index (χ3v) is 7.24. The van der Waals surface area contributed by atoms with Crippen LogP contribution < -0.4 is 10.1 Å². The molecule has 1 heterocycles. The van der Waals surface area contributed by atoms with Crippen molar-refractivity contribution in [2.45, 2.75) is 32.2 Å². The van der Waals surface area contributed by atoms with Crippen molar-refractivity contribution in [1.29, 1.82) is 0 Å². The van der Waals surface area contributed by atoms with E-state index in [9.17, 15) is 14.0 Å². The standard InChI is InChI=1S/C31H29FN2O4S/c1-20(5-14-28-15-16-29(39-28)17-22-6-11-26(32)12-7-22)34(31(36)33-3)38-30(35)21(2)23-8-9-25-19-27(37-4)13-10-24(25)18-23/h6-13,15-16,18-21H,17H2,1-4H3,(H,33,36)/t20-,21+/m1/s1. The van der Waals surface area contributed by atoms with E-state index in [0.717, 1.165) is 42.5 Å². The molecule has 0 radical (unpaired) electrons. The van der Waals surface area contributed by atoms with Gasteiger partial charge in [0.05, 0.1) is 17.9 Å². The van der Waals surface area contributed by atoms with Crippen molar-refractivity contribution in [3.63, 3.8) is 0 Å². The lowest BCUT2D eigenvalue weighted by Gasteiger charge is -2.25. The van der Waals surface area contributed by atoms with Crippen LogP contribution in [-0.4, -0.2) is 37.3 Å². The van der Waals surface area contributed by atoms with Crippen molar-refractivity contribution >= 4 is 34.1 Å². The van der Waals surface area contributed by atoms with Gasteiger partial charge in [-0.25, -0.2) is 14.0 Å². The minimum Gasteiger partial charge on any atom is -0.497 e. The van der Waals surface area contributed by atoms with E-state index in [1.54, 1.807) is 33.1 Å². The summed E-state index contributed by atoms with van der Waals surface area (Å²) in [5.41, 5.74) is 1.77. The average Bonchev–Trinajstić information content (AvgIpc) is 3.41. The Morgan fingerprint density at radius 2 is 1.72 bits per heavy atom. The van der Waals surface area contributed by atoms with Crippen LogP contribution in [0.1, 0.15) is 40.6 Å². The molecule has 4 rings (SSSR count). The molecule has 1 aromatic heterocycles. The van der Waals surface area contributed by atoms with E-state index < -0.39 is 24.0 Å². The van der Waals surface area contributed by atoms with Crippen molar-refractivity contribution in [2.75, 3.05) is 14.2 Å². The Kier molecular flexibility index (Phi) is 8.84. The number of benzene rings is 3. The van der Waals surface area contributed by atoms with Gasteiger partial charge in [-0.1, -0.05) is 48.2 Å². The molecule has 0 aliphatic heterocycles. The number of methoxy groups -OCH3 is 1. The zero-order valence-electron chi connectivity index (χ0n) is 22.2. The Balaban J connectivity index is 1.44. The number of thiophene rings is 1. The minimum absolute atomic E-state index is 0.264. The second-order valence-electron chi connectivity index (χ2n) is 9.00. The molecular weight excluding hydrogens is 515 g/mol. The zero-order valence-corrected chi connectivity index (χ0v) is 23.0. The van der Waals surface area contributed by atoms with E-state index >= 15 is 0 Å². The van der Waals surface area contributed by atoms with Crippen LogP contribution in [0.15, 0.2) is 72.8 Å². The molecule has 0 aliphatic rings. The average molecular weight is 545 g/mol. The summed E-state index contributed by atoms with van der Waals surface area (Å²) in [6.45, 7) is 3.43. The summed E-state index contributed by atoms with van der Waals surface area (Å²) >= 11 is 1.52. The number of ether oxygens (including phenoxy) is 1. The van der Waals surface area contributed by atoms with E-state index in [2.05, 4.69) is 17.2 Å². The summed E-state index contributed by atoms with van der Waals surface area (Å²) in [6.07, 6.45) is 0.671. The number of hydroxylamine groups is 2. The SMILES string of the molecule is CNC(=O)N(OC(=O)[C@@H](C)c1ccc2cc(OC)ccc2c1)[C@H](C)C#Cc1ccc(Cc2ccc(F)cc2)s1. The Hall–Kier alpha value is -4.35. The normalized spacial score (nSPS) is 12.1. The third-order valence-electron chi connectivity index (χ3n) is 6.24. The Morgan fingerprint density at radius 1 is 1.00 bits per heavy atom. The summed E-state index contributed by atoms with van der Waals surface area (Å²) < 4.78 is 18.4. The molecule has 0 saturated heterocycles. The number of fused-ring (bicyclic) bond motifs is 1. The molecule has 200 valence electrons. The van der Waals surface area contributed by atoms with Gasteiger partial charge < -0.3 is 14.9 Å². The van der Waals surface area contributed by atoms with Crippen molar-refractivity contribution in [2.24, 2.45) is 0 Å². The molecule has 0 unspecified atom stereocenters. The maximum atomic E-state index is 13.2. The predicted octanol–water partition coefficient (Wildman–Crippen LogP) is 6.28. The summed E-state index contributed by atoms with van der Waals surface area (Å²) in [5.74, 6) is 5.38. The third kappa shape index (κ3) is 6.95. The molecule has 39 heavy (non-hydrogen) atoms. The fourth-order valence-electron chi connectivity index (χ4n) is 3.94. The molecule has 2 atom stereocenters. The smallest absolute Gasteiger partial charge is 0.351 e. The molecule has 4 aromatic rings. The second kappa shape index (κ2) is 12.5. The number of rotatable bonds is 6. The zero-order chi connectivity index (χ0) is 27.9. The maximum Gasteiger partial charge on any atom is 0.351 e. The summed E-state index contributed by atoms with van der Waals surface area (Å²) in [4.78, 5) is 33.0. The molecule has 3 aromatic carbocycles. The molecule has 0 bridgehead atoms. The highest BCUT2D eigenvalue weighted by molar-refractivity contribution is 7.12. The lowest BCUT2D eigenvalue weighted by molar-refractivity contribution is -0.181. The van der Waals surface area contributed by atoms with Gasteiger partial charge in [-0.2, -0.15) is 0 Å². The molecule has 0 aliphatic carbocycles. The highest BCUT2D eigenvalue weighted by Gasteiger charge is 2.27. The van der Waals surface area contributed by atoms with Crippen LogP contribution in [-0.2, 0) is 16.1 Å². The number of hydrogen-bond donors (Lipinski definition) is 1. The van der Waals surface area contributed by atoms with Crippen LogP contribution >= 0.6 is 11.3 Å². The van der Waals surface area contributed by atoms with Gasteiger partial charge in [-0.15, -0.1) is 16.4 Å². The van der Waals surface area contributed by atoms with E-state index in [0.29, 0.717) is 6.42 Å². The molecule has 0 fully saturated rings. The minimum atomic E-state index is -0.701. The van der Waals surface area contributed by atoms with Crippen molar-refractivity contribution in [3.05, 3.63) is 99.5 Å². The van der Waals surface area contributed by atoms with Crippen LogP contribution in [0.3, 0.4) is 0 Å². The first-order valence-electron chi connectivity index (χ1n) is 12.4. The van der Waals surface area contributed by atoms with E-state index in [4.69, 9.17) is 9.57 Å². The van der Waals surface area contributed by atoms with Crippen molar-refractivity contribution < 1.29 is 23.6 Å². The van der Waals surface area contributed by atoms with Gasteiger partial charge in [0.2, 0.25) is 0 Å². The number of urea groups is 1. The van der Waals surface area contributed by atoms with Crippen LogP contribution in [0.4, 0.5) is 9.18 Å². The van der Waals surface area contributed by atoms with Gasteiger partial charge in [0.1, 0.15) is 17.6 Å². The van der Waals surface area contributed by atoms with Gasteiger partial charge >= 0.3 is 12.0 Å². The quantitative estimate of drug-likeness (QED) is 0.229. The monoisotopic (exact) mass is 544 g/mol. The van der Waals surface area contributed by atoms with E-state index in [1.807, 2.05) is 48.5 Å². The number of hydrogen-bond acceptors (Lipinski definition) is 5. The predicted molar refractivity (Wildman–Crippen MR) is 151 cm³/mol. The fourth-order valence-corrected chi connectivity index (χ4v) is 4.84. The molecule has 0 saturated carbocycles. The van der Waals surface area contributed by atoms with Gasteiger partial charge in [0, 0.05) is 18.3 Å². The lowest BCUT2D eigenvalue weighted by Crippen LogP contribution is -2.45. The highest BCUT2D eigenvalue weighted by Crippen LogP contribution is 2.26. The molecular formula is C31H29FN2O4S. The first-order chi connectivity index (χ1) is 18.8. The van der Waals surface area contributed by atoms with Gasteiger partial charge in [0.25, 0.3) is 0 Å². The number of carbonyl (C=O) groups is 2. The summed E-state index contributed by atoms with van der Waals surface area (Å²) in [7, 11) is 3.08. The lowest BCUT2D eigenvalue weighted by atomic mass is 9.98. The molecule has 1 N–H and O–H groups in total. The second-order valence-corrected chi connectivity index (χ2v) is 10.2. The van der Waals surface area contributed by atoms with Crippen LogP contribution in [0.2, 0.25) is 0 Å². The summed E-state index contributed by atoms with van der Waals surface area (Å²) in [5, 5.41) is 5.42. The first-order valence-corrected chi connectivity index (χ1v) is 13.2. The Morgan fingerprint density at radius 3 is 2.44 bits per heavy atom. The van der Waals surface area contributed by atoms with Gasteiger partial charge in [-0.3, -0.25) is 0 Å². The first kappa shape index (κ1) is 27.7. The van der Waals surface area contributed by atoms with E-state index in [1.165, 1.54) is 30.5 Å². The number of amides is 2. The Bertz CT molecular complexity index is 1540. The number of nitrogens with zero attached hydrogens (tertiary/aromatic N) is 1. The van der Waals surface area contributed by atoms with Crippen molar-refractivity contribution in [1.82, 2.24) is 10.4 Å². The topological polar surface area (TPSA) is 67.9 Å². The Labute approximate surface area is 231 Å². The molecule has 8 heteroatoms. The fraction of sp³-hybridized carbons (Fsp3) is 0.226.